The average molecular weight is 246 g/mol. The first kappa shape index (κ1) is 11.8. The van der Waals surface area contributed by atoms with Gasteiger partial charge in [0, 0.05) is 31.4 Å². The molecule has 2 rings (SSSR count). The largest absolute Gasteiger partial charge is 0.387 e. The van der Waals surface area contributed by atoms with Gasteiger partial charge in [0.25, 0.3) is 0 Å². The van der Waals surface area contributed by atoms with Crippen LogP contribution in [0.5, 0.6) is 0 Å². The Morgan fingerprint density at radius 3 is 2.65 bits per heavy atom. The highest BCUT2D eigenvalue weighted by atomic mass is 35.5. The van der Waals surface area contributed by atoms with Gasteiger partial charge in [0.15, 0.2) is 0 Å². The van der Waals surface area contributed by atoms with Gasteiger partial charge in [0.05, 0.1) is 10.7 Å². The monoisotopic (exact) mass is 245 g/mol. The van der Waals surface area contributed by atoms with Crippen LogP contribution in [-0.4, -0.2) is 14.1 Å². The van der Waals surface area contributed by atoms with Crippen LogP contribution in [0.4, 0.5) is 11.4 Å². The van der Waals surface area contributed by atoms with Gasteiger partial charge in [-0.2, -0.15) is 0 Å². The molecule has 0 aliphatic heterocycles. The minimum atomic E-state index is 0.724. The Morgan fingerprint density at radius 2 is 1.94 bits per heavy atom. The SMILES string of the molecule is CNc1[c]cccc1-c1ccc(Cl)c(NC)c1. The van der Waals surface area contributed by atoms with Gasteiger partial charge in [0.1, 0.15) is 0 Å². The molecule has 2 nitrogen and oxygen atoms in total. The van der Waals surface area contributed by atoms with Gasteiger partial charge >= 0.3 is 0 Å². The molecule has 2 aromatic rings. The van der Waals surface area contributed by atoms with E-state index in [4.69, 9.17) is 11.6 Å². The molecule has 0 fully saturated rings. The lowest BCUT2D eigenvalue weighted by molar-refractivity contribution is 1.47. The van der Waals surface area contributed by atoms with E-state index >= 15 is 0 Å². The number of nitrogens with one attached hydrogen (secondary N) is 2. The zero-order valence-corrected chi connectivity index (χ0v) is 10.6. The van der Waals surface area contributed by atoms with E-state index in [1.807, 2.05) is 44.4 Å². The first-order chi connectivity index (χ1) is 8.26. The Kier molecular flexibility index (Phi) is 3.55. The van der Waals surface area contributed by atoms with Gasteiger partial charge in [-0.25, -0.2) is 0 Å². The standard InChI is InChI=1S/C14H14ClN2/c1-16-13-6-4-3-5-11(13)10-7-8-12(15)14(9-10)17-2/h3-5,7-9,16-17H,1-2H3. The summed E-state index contributed by atoms with van der Waals surface area (Å²) in [7, 11) is 3.76. The first-order valence-corrected chi connectivity index (χ1v) is 5.80. The van der Waals surface area contributed by atoms with Gasteiger partial charge in [-0.3, -0.25) is 0 Å². The minimum absolute atomic E-state index is 0.724. The Bertz CT molecular complexity index is 523. The number of hydrogen-bond donors (Lipinski definition) is 2. The van der Waals surface area contributed by atoms with Crippen LogP contribution in [0.15, 0.2) is 36.4 Å². The molecule has 0 amide bonds. The van der Waals surface area contributed by atoms with E-state index in [0.29, 0.717) is 0 Å². The fourth-order valence-corrected chi connectivity index (χ4v) is 1.98. The Labute approximate surface area is 107 Å². The van der Waals surface area contributed by atoms with E-state index in [2.05, 4.69) is 22.8 Å². The van der Waals surface area contributed by atoms with Crippen molar-refractivity contribution in [1.29, 1.82) is 0 Å². The maximum atomic E-state index is 6.07. The molecule has 0 saturated carbocycles. The molecule has 0 bridgehead atoms. The molecular weight excluding hydrogens is 232 g/mol. The van der Waals surface area contributed by atoms with Crippen LogP contribution in [0.25, 0.3) is 11.1 Å². The number of anilines is 2. The van der Waals surface area contributed by atoms with Crippen LogP contribution < -0.4 is 10.6 Å². The van der Waals surface area contributed by atoms with Gasteiger partial charge in [-0.15, -0.1) is 0 Å². The van der Waals surface area contributed by atoms with Gasteiger partial charge in [-0.1, -0.05) is 35.9 Å². The van der Waals surface area contributed by atoms with Crippen LogP contribution in [0.3, 0.4) is 0 Å². The average Bonchev–Trinajstić information content (AvgIpc) is 2.39. The summed E-state index contributed by atoms with van der Waals surface area (Å²) >= 11 is 6.07. The molecular formula is C14H14ClN2. The van der Waals surface area contributed by atoms with Gasteiger partial charge in [0.2, 0.25) is 0 Å². The second-order valence-electron chi connectivity index (χ2n) is 3.65. The molecule has 2 N–H and O–H groups in total. The fourth-order valence-electron chi connectivity index (χ4n) is 1.77. The molecule has 1 radical (unpaired) electrons. The summed E-state index contributed by atoms with van der Waals surface area (Å²) < 4.78 is 0. The highest BCUT2D eigenvalue weighted by Crippen LogP contribution is 2.32. The number of halogens is 1. The van der Waals surface area contributed by atoms with E-state index in [9.17, 15) is 0 Å². The van der Waals surface area contributed by atoms with Crippen molar-refractivity contribution in [3.8, 4) is 11.1 Å². The van der Waals surface area contributed by atoms with Crippen LogP contribution in [0, 0.1) is 6.07 Å². The molecule has 0 saturated heterocycles. The van der Waals surface area contributed by atoms with E-state index < -0.39 is 0 Å². The minimum Gasteiger partial charge on any atom is -0.387 e. The molecule has 17 heavy (non-hydrogen) atoms. The van der Waals surface area contributed by atoms with Crippen molar-refractivity contribution >= 4 is 23.0 Å². The highest BCUT2D eigenvalue weighted by molar-refractivity contribution is 6.33. The molecule has 2 aromatic carbocycles. The molecule has 0 atom stereocenters. The summed E-state index contributed by atoms with van der Waals surface area (Å²) in [5.74, 6) is 0. The smallest absolute Gasteiger partial charge is 0.0637 e. The van der Waals surface area contributed by atoms with E-state index in [0.717, 1.165) is 27.5 Å². The maximum Gasteiger partial charge on any atom is 0.0637 e. The summed E-state index contributed by atoms with van der Waals surface area (Å²) in [6, 6.07) is 15.0. The lowest BCUT2D eigenvalue weighted by Gasteiger charge is -2.11. The maximum absolute atomic E-state index is 6.07. The van der Waals surface area contributed by atoms with Crippen molar-refractivity contribution < 1.29 is 0 Å². The summed E-state index contributed by atoms with van der Waals surface area (Å²) in [6.45, 7) is 0. The van der Waals surface area contributed by atoms with Crippen molar-refractivity contribution in [3.63, 3.8) is 0 Å². The molecule has 0 heterocycles. The zero-order chi connectivity index (χ0) is 12.3. The molecule has 0 aliphatic carbocycles. The van der Waals surface area contributed by atoms with Crippen LogP contribution >= 0.6 is 11.6 Å². The highest BCUT2D eigenvalue weighted by Gasteiger charge is 2.06. The normalized spacial score (nSPS) is 10.1. The summed E-state index contributed by atoms with van der Waals surface area (Å²) in [6.07, 6.45) is 0. The second-order valence-corrected chi connectivity index (χ2v) is 4.06. The molecule has 3 heteroatoms. The topological polar surface area (TPSA) is 24.1 Å². The Balaban J connectivity index is 2.53. The van der Waals surface area contributed by atoms with E-state index in [-0.39, 0.29) is 0 Å². The fraction of sp³-hybridized carbons (Fsp3) is 0.143. The van der Waals surface area contributed by atoms with Crippen molar-refractivity contribution in [3.05, 3.63) is 47.5 Å². The molecule has 0 spiro atoms. The number of para-hydroxylation sites is 1. The summed E-state index contributed by atoms with van der Waals surface area (Å²) in [5, 5.41) is 6.94. The van der Waals surface area contributed by atoms with Gasteiger partial charge in [-0.05, 0) is 17.7 Å². The van der Waals surface area contributed by atoms with Crippen molar-refractivity contribution in [1.82, 2.24) is 0 Å². The van der Waals surface area contributed by atoms with Crippen LogP contribution in [0.1, 0.15) is 0 Å². The van der Waals surface area contributed by atoms with E-state index in [1.54, 1.807) is 0 Å². The zero-order valence-electron chi connectivity index (χ0n) is 9.84. The number of rotatable bonds is 3. The lowest BCUT2D eigenvalue weighted by Crippen LogP contribution is -1.93. The predicted octanol–water partition coefficient (Wildman–Crippen LogP) is 3.89. The first-order valence-electron chi connectivity index (χ1n) is 5.42. The third kappa shape index (κ3) is 2.37. The third-order valence-corrected chi connectivity index (χ3v) is 2.98. The number of hydrogen-bond acceptors (Lipinski definition) is 2. The van der Waals surface area contributed by atoms with E-state index in [1.165, 1.54) is 0 Å². The quantitative estimate of drug-likeness (QED) is 0.857. The third-order valence-electron chi connectivity index (χ3n) is 2.65. The molecule has 0 unspecified atom stereocenters. The number of benzene rings is 2. The van der Waals surface area contributed by atoms with Crippen molar-refractivity contribution in [2.45, 2.75) is 0 Å². The second kappa shape index (κ2) is 5.11. The molecule has 0 aliphatic rings. The van der Waals surface area contributed by atoms with Crippen LogP contribution in [-0.2, 0) is 0 Å². The Hall–Kier alpha value is -1.67. The molecule has 87 valence electrons. The molecule has 0 aromatic heterocycles. The van der Waals surface area contributed by atoms with Crippen LogP contribution in [0.2, 0.25) is 5.02 Å². The summed E-state index contributed by atoms with van der Waals surface area (Å²) in [4.78, 5) is 0. The lowest BCUT2D eigenvalue weighted by atomic mass is 10.0. The van der Waals surface area contributed by atoms with Crippen molar-refractivity contribution in [2.75, 3.05) is 24.7 Å². The predicted molar refractivity (Wildman–Crippen MR) is 74.8 cm³/mol. The Morgan fingerprint density at radius 1 is 1.12 bits per heavy atom. The van der Waals surface area contributed by atoms with Gasteiger partial charge < -0.3 is 10.6 Å². The summed E-state index contributed by atoms with van der Waals surface area (Å²) in [5.41, 5.74) is 4.13. The van der Waals surface area contributed by atoms with Crippen molar-refractivity contribution in [2.24, 2.45) is 0 Å².